The number of nitrogens with one attached hydrogen (secondary N) is 2. The quantitative estimate of drug-likeness (QED) is 0.724. The molecule has 5 nitrogen and oxygen atoms in total. The first kappa shape index (κ1) is 14.8. The monoisotopic (exact) mass is 269 g/mol. The Morgan fingerprint density at radius 1 is 1.47 bits per heavy atom. The Balaban J connectivity index is 1.56. The van der Waals surface area contributed by atoms with Gasteiger partial charge in [0.25, 0.3) is 0 Å². The van der Waals surface area contributed by atoms with Gasteiger partial charge in [0.2, 0.25) is 5.91 Å². The third-order valence-corrected chi connectivity index (χ3v) is 4.21. The highest BCUT2D eigenvalue weighted by Crippen LogP contribution is 2.13. The lowest BCUT2D eigenvalue weighted by Gasteiger charge is -2.32. The molecule has 1 amide bonds. The molecule has 2 atom stereocenters. The molecular weight excluding hydrogens is 242 g/mol. The normalized spacial score (nSPS) is 26.3. The fraction of sp³-hybridized carbons (Fsp3) is 0.929. The topological polar surface area (TPSA) is 53.6 Å². The largest absolute Gasteiger partial charge is 0.379 e. The number of carbonyl (C=O) groups excluding carboxylic acids is 1. The van der Waals surface area contributed by atoms with Gasteiger partial charge in [0.05, 0.1) is 13.2 Å². The molecule has 2 rings (SSSR count). The molecule has 0 saturated carbocycles. The molecule has 0 aromatic heterocycles. The van der Waals surface area contributed by atoms with Gasteiger partial charge in [-0.15, -0.1) is 0 Å². The molecule has 2 unspecified atom stereocenters. The van der Waals surface area contributed by atoms with Gasteiger partial charge < -0.3 is 15.4 Å². The van der Waals surface area contributed by atoms with Gasteiger partial charge in [-0.1, -0.05) is 0 Å². The second-order valence-corrected chi connectivity index (χ2v) is 5.70. The van der Waals surface area contributed by atoms with Crippen LogP contribution in [0.4, 0.5) is 0 Å². The summed E-state index contributed by atoms with van der Waals surface area (Å²) in [5.74, 6) is 0.898. The Hall–Kier alpha value is -0.650. The summed E-state index contributed by atoms with van der Waals surface area (Å²) in [5, 5.41) is 6.40. The van der Waals surface area contributed by atoms with E-state index < -0.39 is 0 Å². The Bertz CT molecular complexity index is 274. The van der Waals surface area contributed by atoms with E-state index in [1.54, 1.807) is 0 Å². The fourth-order valence-corrected chi connectivity index (χ4v) is 2.79. The number of morpholine rings is 1. The number of carbonyl (C=O) groups is 1. The van der Waals surface area contributed by atoms with Crippen LogP contribution in [0.3, 0.4) is 0 Å². The SMILES string of the molecule is CC(CNC(=O)CCC1CCNC1)N1CCOCC1. The summed E-state index contributed by atoms with van der Waals surface area (Å²) in [6, 6.07) is 0.404. The molecule has 19 heavy (non-hydrogen) atoms. The van der Waals surface area contributed by atoms with Crippen LogP contribution in [-0.2, 0) is 9.53 Å². The highest BCUT2D eigenvalue weighted by atomic mass is 16.5. The first-order valence-corrected chi connectivity index (χ1v) is 7.55. The maximum atomic E-state index is 11.8. The van der Waals surface area contributed by atoms with Crippen molar-refractivity contribution in [1.29, 1.82) is 0 Å². The maximum absolute atomic E-state index is 11.8. The van der Waals surface area contributed by atoms with Gasteiger partial charge in [-0.05, 0) is 38.8 Å². The van der Waals surface area contributed by atoms with Crippen LogP contribution in [0.1, 0.15) is 26.2 Å². The minimum absolute atomic E-state index is 0.201. The van der Waals surface area contributed by atoms with Crippen LogP contribution in [0.2, 0.25) is 0 Å². The van der Waals surface area contributed by atoms with E-state index in [1.165, 1.54) is 6.42 Å². The highest BCUT2D eigenvalue weighted by molar-refractivity contribution is 5.75. The molecule has 0 radical (unpaired) electrons. The number of amides is 1. The molecule has 2 heterocycles. The molecule has 2 aliphatic heterocycles. The molecule has 2 saturated heterocycles. The minimum Gasteiger partial charge on any atom is -0.379 e. The van der Waals surface area contributed by atoms with Crippen LogP contribution in [0.15, 0.2) is 0 Å². The Morgan fingerprint density at radius 3 is 2.95 bits per heavy atom. The molecule has 2 fully saturated rings. The molecule has 0 spiro atoms. The summed E-state index contributed by atoms with van der Waals surface area (Å²) in [6.07, 6.45) is 2.91. The van der Waals surface area contributed by atoms with Crippen LogP contribution in [0.25, 0.3) is 0 Å². The standard InChI is InChI=1S/C14H27N3O2/c1-12(17-6-8-19-9-7-17)10-16-14(18)3-2-13-4-5-15-11-13/h12-13,15H,2-11H2,1H3,(H,16,18). The van der Waals surface area contributed by atoms with E-state index in [-0.39, 0.29) is 5.91 Å². The zero-order chi connectivity index (χ0) is 13.5. The van der Waals surface area contributed by atoms with E-state index >= 15 is 0 Å². The van der Waals surface area contributed by atoms with Crippen molar-refractivity contribution in [2.75, 3.05) is 45.9 Å². The van der Waals surface area contributed by atoms with Crippen molar-refractivity contribution in [2.24, 2.45) is 5.92 Å². The molecule has 110 valence electrons. The van der Waals surface area contributed by atoms with Crippen molar-refractivity contribution in [3.8, 4) is 0 Å². The van der Waals surface area contributed by atoms with Crippen molar-refractivity contribution in [3.05, 3.63) is 0 Å². The first-order chi connectivity index (χ1) is 9.25. The summed E-state index contributed by atoms with van der Waals surface area (Å²) in [4.78, 5) is 14.2. The van der Waals surface area contributed by atoms with Crippen molar-refractivity contribution in [2.45, 2.75) is 32.2 Å². The van der Waals surface area contributed by atoms with Crippen molar-refractivity contribution in [3.63, 3.8) is 0 Å². The predicted molar refractivity (Wildman–Crippen MR) is 75.1 cm³/mol. The minimum atomic E-state index is 0.201. The summed E-state index contributed by atoms with van der Waals surface area (Å²) >= 11 is 0. The van der Waals surface area contributed by atoms with Gasteiger partial charge in [-0.3, -0.25) is 9.69 Å². The fourth-order valence-electron chi connectivity index (χ4n) is 2.79. The van der Waals surface area contributed by atoms with E-state index in [0.717, 1.165) is 52.4 Å². The molecule has 2 N–H and O–H groups in total. The van der Waals surface area contributed by atoms with Gasteiger partial charge in [0.15, 0.2) is 0 Å². The highest BCUT2D eigenvalue weighted by Gasteiger charge is 2.18. The second kappa shape index (κ2) is 7.82. The lowest BCUT2D eigenvalue weighted by molar-refractivity contribution is -0.121. The molecule has 0 aliphatic carbocycles. The first-order valence-electron chi connectivity index (χ1n) is 7.55. The zero-order valence-electron chi connectivity index (χ0n) is 12.0. The Labute approximate surface area is 116 Å². The second-order valence-electron chi connectivity index (χ2n) is 5.70. The smallest absolute Gasteiger partial charge is 0.220 e. The van der Waals surface area contributed by atoms with E-state index in [2.05, 4.69) is 22.5 Å². The van der Waals surface area contributed by atoms with Crippen LogP contribution >= 0.6 is 0 Å². The van der Waals surface area contributed by atoms with Crippen molar-refractivity contribution < 1.29 is 9.53 Å². The maximum Gasteiger partial charge on any atom is 0.220 e. The van der Waals surface area contributed by atoms with Gasteiger partial charge in [-0.25, -0.2) is 0 Å². The summed E-state index contributed by atoms with van der Waals surface area (Å²) in [6.45, 7) is 8.70. The Kier molecular flexibility index (Phi) is 6.07. The van der Waals surface area contributed by atoms with E-state index in [4.69, 9.17) is 4.74 Å². The Morgan fingerprint density at radius 2 is 2.26 bits per heavy atom. The van der Waals surface area contributed by atoms with Crippen LogP contribution in [0.5, 0.6) is 0 Å². The van der Waals surface area contributed by atoms with E-state index in [9.17, 15) is 4.79 Å². The van der Waals surface area contributed by atoms with Gasteiger partial charge in [0, 0.05) is 32.1 Å². The molecule has 5 heteroatoms. The van der Waals surface area contributed by atoms with Crippen molar-refractivity contribution >= 4 is 5.91 Å². The van der Waals surface area contributed by atoms with Gasteiger partial charge in [0.1, 0.15) is 0 Å². The predicted octanol–water partition coefficient (Wildman–Crippen LogP) is 0.213. The van der Waals surface area contributed by atoms with Crippen LogP contribution in [-0.4, -0.2) is 62.8 Å². The lowest BCUT2D eigenvalue weighted by atomic mass is 10.0. The summed E-state index contributed by atoms with van der Waals surface area (Å²) in [5.41, 5.74) is 0. The van der Waals surface area contributed by atoms with Crippen LogP contribution in [0, 0.1) is 5.92 Å². The number of hydrogen-bond acceptors (Lipinski definition) is 4. The zero-order valence-corrected chi connectivity index (χ0v) is 12.0. The van der Waals surface area contributed by atoms with Crippen LogP contribution < -0.4 is 10.6 Å². The molecule has 0 bridgehead atoms. The average Bonchev–Trinajstić information content (AvgIpc) is 2.96. The molecular formula is C14H27N3O2. The third-order valence-electron chi connectivity index (χ3n) is 4.21. The molecule has 2 aliphatic rings. The summed E-state index contributed by atoms with van der Waals surface area (Å²) < 4.78 is 5.34. The third kappa shape index (κ3) is 5.09. The number of nitrogens with zero attached hydrogens (tertiary/aromatic N) is 1. The number of rotatable bonds is 6. The summed E-state index contributed by atoms with van der Waals surface area (Å²) in [7, 11) is 0. The lowest BCUT2D eigenvalue weighted by Crippen LogP contribution is -2.47. The average molecular weight is 269 g/mol. The van der Waals surface area contributed by atoms with E-state index in [1.807, 2.05) is 0 Å². The van der Waals surface area contributed by atoms with Gasteiger partial charge >= 0.3 is 0 Å². The van der Waals surface area contributed by atoms with Gasteiger partial charge in [-0.2, -0.15) is 0 Å². The van der Waals surface area contributed by atoms with E-state index in [0.29, 0.717) is 18.4 Å². The molecule has 0 aromatic rings. The van der Waals surface area contributed by atoms with Crippen molar-refractivity contribution in [1.82, 2.24) is 15.5 Å². The number of ether oxygens (including phenoxy) is 1. The molecule has 0 aromatic carbocycles. The number of hydrogen-bond donors (Lipinski definition) is 2.